The molecule has 72 valence electrons. The lowest BCUT2D eigenvalue weighted by molar-refractivity contribution is 0.126. The van der Waals surface area contributed by atoms with E-state index in [1.807, 2.05) is 0 Å². The van der Waals surface area contributed by atoms with Gasteiger partial charge in [0.2, 0.25) is 0 Å². The van der Waals surface area contributed by atoms with Crippen LogP contribution in [0.15, 0.2) is 12.2 Å². The molecule has 0 saturated carbocycles. The third kappa shape index (κ3) is 8.09. The number of ether oxygens (including phenoxy) is 1. The van der Waals surface area contributed by atoms with Gasteiger partial charge in [0.05, 0.1) is 6.61 Å². The Morgan fingerprint density at radius 1 is 1.42 bits per heavy atom. The highest BCUT2D eigenvalue weighted by molar-refractivity contribution is 6.19. The third-order valence-electron chi connectivity index (χ3n) is 1.49. The Balaban J connectivity index is 3.28. The summed E-state index contributed by atoms with van der Waals surface area (Å²) >= 11 is 5.54. The fourth-order valence-corrected chi connectivity index (χ4v) is 0.711. The zero-order chi connectivity index (χ0) is 9.61. The van der Waals surface area contributed by atoms with E-state index in [0.29, 0.717) is 17.9 Å². The van der Waals surface area contributed by atoms with Crippen LogP contribution in [0.4, 0.5) is 0 Å². The van der Waals surface area contributed by atoms with Gasteiger partial charge in [0.25, 0.3) is 0 Å². The molecule has 2 heteroatoms. The first-order valence-corrected chi connectivity index (χ1v) is 4.79. The molecule has 0 fully saturated rings. The molecular weight excluding hydrogens is 172 g/mol. The number of hydrogen-bond acceptors (Lipinski definition) is 1. The van der Waals surface area contributed by atoms with Gasteiger partial charge in [-0.25, -0.2) is 0 Å². The minimum atomic E-state index is 0.350. The standard InChI is InChI=1S/C10H19ClO/c1-9(7-11)8-12-6-5-10(2,3)4/h1,5-8H2,2-4H3. The Hall–Kier alpha value is -0.0100. The van der Waals surface area contributed by atoms with Gasteiger partial charge < -0.3 is 4.74 Å². The highest BCUT2D eigenvalue weighted by Gasteiger charge is 2.08. The lowest BCUT2D eigenvalue weighted by atomic mass is 9.93. The highest BCUT2D eigenvalue weighted by atomic mass is 35.5. The molecule has 0 aliphatic rings. The monoisotopic (exact) mass is 190 g/mol. The molecule has 0 rings (SSSR count). The van der Waals surface area contributed by atoms with Gasteiger partial charge in [-0.15, -0.1) is 11.6 Å². The van der Waals surface area contributed by atoms with Crippen LogP contribution in [0.25, 0.3) is 0 Å². The summed E-state index contributed by atoms with van der Waals surface area (Å²) in [6.07, 6.45) is 1.07. The first kappa shape index (κ1) is 12.0. The molecule has 1 nitrogen and oxygen atoms in total. The van der Waals surface area contributed by atoms with Crippen LogP contribution in [0.5, 0.6) is 0 Å². The van der Waals surface area contributed by atoms with Crippen molar-refractivity contribution in [3.63, 3.8) is 0 Å². The molecule has 0 heterocycles. The molecule has 0 aromatic rings. The van der Waals surface area contributed by atoms with E-state index in [2.05, 4.69) is 27.4 Å². The van der Waals surface area contributed by atoms with Gasteiger partial charge in [0, 0.05) is 12.5 Å². The minimum absolute atomic E-state index is 0.350. The number of alkyl halides is 1. The smallest absolute Gasteiger partial charge is 0.0685 e. The van der Waals surface area contributed by atoms with Crippen molar-refractivity contribution < 1.29 is 4.74 Å². The van der Waals surface area contributed by atoms with E-state index in [4.69, 9.17) is 16.3 Å². The van der Waals surface area contributed by atoms with Gasteiger partial charge >= 0.3 is 0 Å². The van der Waals surface area contributed by atoms with Crippen LogP contribution < -0.4 is 0 Å². The number of rotatable bonds is 5. The molecule has 0 atom stereocenters. The normalized spacial score (nSPS) is 11.7. The molecule has 0 aliphatic carbocycles. The summed E-state index contributed by atoms with van der Waals surface area (Å²) in [5.74, 6) is 0.496. The van der Waals surface area contributed by atoms with Crippen molar-refractivity contribution in [3.05, 3.63) is 12.2 Å². The highest BCUT2D eigenvalue weighted by Crippen LogP contribution is 2.17. The zero-order valence-corrected chi connectivity index (χ0v) is 9.08. The molecule has 0 unspecified atom stereocenters. The van der Waals surface area contributed by atoms with Crippen LogP contribution in [0.1, 0.15) is 27.2 Å². The van der Waals surface area contributed by atoms with Crippen LogP contribution in [-0.2, 0) is 4.74 Å². The molecule has 0 radical (unpaired) electrons. The van der Waals surface area contributed by atoms with E-state index in [1.54, 1.807) is 0 Å². The molecule has 0 aromatic heterocycles. The molecule has 0 N–H and O–H groups in total. The molecule has 0 saturated heterocycles. The molecular formula is C10H19ClO. The van der Waals surface area contributed by atoms with Crippen LogP contribution in [0.2, 0.25) is 0 Å². The summed E-state index contributed by atoms with van der Waals surface area (Å²) in [7, 11) is 0. The van der Waals surface area contributed by atoms with Gasteiger partial charge in [-0.2, -0.15) is 0 Å². The second-order valence-corrected chi connectivity index (χ2v) is 4.51. The van der Waals surface area contributed by atoms with E-state index in [9.17, 15) is 0 Å². The molecule has 12 heavy (non-hydrogen) atoms. The summed E-state index contributed by atoms with van der Waals surface area (Å²) in [6.45, 7) is 11.7. The zero-order valence-electron chi connectivity index (χ0n) is 8.32. The van der Waals surface area contributed by atoms with Crippen molar-refractivity contribution in [2.45, 2.75) is 27.2 Å². The molecule has 0 aliphatic heterocycles. The summed E-state index contributed by atoms with van der Waals surface area (Å²) in [6, 6.07) is 0. The lowest BCUT2D eigenvalue weighted by Gasteiger charge is -2.17. The van der Waals surface area contributed by atoms with E-state index in [1.165, 1.54) is 0 Å². The quantitative estimate of drug-likeness (QED) is 0.368. The summed E-state index contributed by atoms with van der Waals surface area (Å²) in [5.41, 5.74) is 1.30. The second-order valence-electron chi connectivity index (χ2n) is 4.25. The maximum absolute atomic E-state index is 5.54. The fraction of sp³-hybridized carbons (Fsp3) is 0.800. The predicted octanol–water partition coefficient (Wildman–Crippen LogP) is 3.23. The lowest BCUT2D eigenvalue weighted by Crippen LogP contribution is -2.10. The number of halogens is 1. The maximum Gasteiger partial charge on any atom is 0.0685 e. The summed E-state index contributed by atoms with van der Waals surface area (Å²) < 4.78 is 5.38. The topological polar surface area (TPSA) is 9.23 Å². The summed E-state index contributed by atoms with van der Waals surface area (Å²) in [5, 5.41) is 0. The van der Waals surface area contributed by atoms with Gasteiger partial charge in [0.1, 0.15) is 0 Å². The van der Waals surface area contributed by atoms with Crippen molar-refractivity contribution in [1.29, 1.82) is 0 Å². The van der Waals surface area contributed by atoms with E-state index in [-0.39, 0.29) is 0 Å². The Morgan fingerprint density at radius 3 is 2.42 bits per heavy atom. The molecule has 0 spiro atoms. The Labute approximate surface area is 80.8 Å². The molecule has 0 aromatic carbocycles. The van der Waals surface area contributed by atoms with Gasteiger partial charge in [-0.05, 0) is 17.4 Å². The van der Waals surface area contributed by atoms with Gasteiger partial charge in [-0.1, -0.05) is 27.4 Å². The minimum Gasteiger partial charge on any atom is -0.377 e. The SMILES string of the molecule is C=C(CCl)COCCC(C)(C)C. The van der Waals surface area contributed by atoms with Crippen LogP contribution >= 0.6 is 11.6 Å². The van der Waals surface area contributed by atoms with E-state index >= 15 is 0 Å². The molecule has 0 amide bonds. The average molecular weight is 191 g/mol. The second kappa shape index (κ2) is 5.60. The first-order valence-electron chi connectivity index (χ1n) is 4.26. The maximum atomic E-state index is 5.54. The summed E-state index contributed by atoms with van der Waals surface area (Å²) in [4.78, 5) is 0. The van der Waals surface area contributed by atoms with Crippen LogP contribution in [0.3, 0.4) is 0 Å². The van der Waals surface area contributed by atoms with Crippen molar-refractivity contribution in [2.75, 3.05) is 19.1 Å². The number of hydrogen-bond donors (Lipinski definition) is 0. The predicted molar refractivity (Wildman–Crippen MR) is 54.8 cm³/mol. The van der Waals surface area contributed by atoms with Crippen molar-refractivity contribution in [1.82, 2.24) is 0 Å². The van der Waals surface area contributed by atoms with Crippen molar-refractivity contribution >= 4 is 11.6 Å². The molecule has 0 bridgehead atoms. The van der Waals surface area contributed by atoms with E-state index < -0.39 is 0 Å². The van der Waals surface area contributed by atoms with Crippen LogP contribution in [0, 0.1) is 5.41 Å². The average Bonchev–Trinajstić information content (AvgIpc) is 1.96. The fourth-order valence-electron chi connectivity index (χ4n) is 0.633. The first-order chi connectivity index (χ1) is 5.45. The van der Waals surface area contributed by atoms with Crippen molar-refractivity contribution in [3.8, 4) is 0 Å². The Bertz CT molecular complexity index is 135. The Kier molecular flexibility index (Phi) is 5.60. The van der Waals surface area contributed by atoms with Gasteiger partial charge in [-0.3, -0.25) is 0 Å². The van der Waals surface area contributed by atoms with Crippen LogP contribution in [-0.4, -0.2) is 19.1 Å². The Morgan fingerprint density at radius 2 is 2.00 bits per heavy atom. The van der Waals surface area contributed by atoms with Gasteiger partial charge in [0.15, 0.2) is 0 Å². The third-order valence-corrected chi connectivity index (χ3v) is 1.87. The van der Waals surface area contributed by atoms with Crippen molar-refractivity contribution in [2.24, 2.45) is 5.41 Å². The van der Waals surface area contributed by atoms with E-state index in [0.717, 1.165) is 18.6 Å². The largest absolute Gasteiger partial charge is 0.377 e.